The first kappa shape index (κ1) is 21.0. The largest absolute Gasteiger partial charge is 0.497 e. The van der Waals surface area contributed by atoms with Gasteiger partial charge in [-0.05, 0) is 57.6 Å². The molecule has 1 aliphatic rings. The Morgan fingerprint density at radius 1 is 0.697 bits per heavy atom. The summed E-state index contributed by atoms with van der Waals surface area (Å²) in [5.74, 6) is 1.62. The zero-order valence-corrected chi connectivity index (χ0v) is 18.9. The van der Waals surface area contributed by atoms with Crippen LogP contribution in [0.15, 0.2) is 97.1 Å². The topological polar surface area (TPSA) is 35.5 Å². The quantitative estimate of drug-likeness (QED) is 0.297. The molecule has 4 aromatic rings. The molecule has 0 aromatic heterocycles. The summed E-state index contributed by atoms with van der Waals surface area (Å²) in [6.45, 7) is 1.95. The standard InChI is InChI=1S/C30H26O3/c1-3-23(31)20-33-25-18-14-22(15-19-25)30(21-12-16-24(32-2)17-13-21)28-10-6-4-8-26(28)27-9-5-7-11-29(27)30/h4-19H,3,20H2,1-2H3. The van der Waals surface area contributed by atoms with Crippen molar-refractivity contribution in [1.82, 2.24) is 0 Å². The highest BCUT2D eigenvalue weighted by atomic mass is 16.5. The number of benzene rings is 4. The van der Waals surface area contributed by atoms with E-state index in [0.717, 1.165) is 11.3 Å². The van der Waals surface area contributed by atoms with E-state index in [9.17, 15) is 4.79 Å². The number of hydrogen-bond acceptors (Lipinski definition) is 3. The summed E-state index contributed by atoms with van der Waals surface area (Å²) in [7, 11) is 1.69. The maximum Gasteiger partial charge on any atom is 0.169 e. The van der Waals surface area contributed by atoms with Crippen LogP contribution in [0.1, 0.15) is 35.6 Å². The van der Waals surface area contributed by atoms with Gasteiger partial charge < -0.3 is 9.47 Å². The molecule has 0 bridgehead atoms. The number of rotatable bonds is 7. The van der Waals surface area contributed by atoms with Crippen molar-refractivity contribution < 1.29 is 14.3 Å². The molecule has 1 aliphatic carbocycles. The molecule has 164 valence electrons. The number of ketones is 1. The molecule has 4 aromatic carbocycles. The summed E-state index contributed by atoms with van der Waals surface area (Å²) < 4.78 is 11.2. The van der Waals surface area contributed by atoms with Crippen LogP contribution in [-0.2, 0) is 10.2 Å². The van der Waals surface area contributed by atoms with Gasteiger partial charge in [0.2, 0.25) is 0 Å². The minimum atomic E-state index is -0.461. The lowest BCUT2D eigenvalue weighted by Crippen LogP contribution is -2.28. The minimum Gasteiger partial charge on any atom is -0.497 e. The van der Waals surface area contributed by atoms with Gasteiger partial charge in [0.25, 0.3) is 0 Å². The third kappa shape index (κ3) is 3.41. The molecular formula is C30H26O3. The summed E-state index contributed by atoms with van der Waals surface area (Å²) in [6.07, 6.45) is 0.478. The summed E-state index contributed by atoms with van der Waals surface area (Å²) >= 11 is 0. The van der Waals surface area contributed by atoms with Crippen molar-refractivity contribution in [1.29, 1.82) is 0 Å². The highest BCUT2D eigenvalue weighted by Crippen LogP contribution is 2.56. The lowest BCUT2D eigenvalue weighted by molar-refractivity contribution is -0.120. The molecule has 0 aliphatic heterocycles. The smallest absolute Gasteiger partial charge is 0.169 e. The second-order valence-electron chi connectivity index (χ2n) is 8.27. The first-order valence-electron chi connectivity index (χ1n) is 11.3. The number of carbonyl (C=O) groups is 1. The fraction of sp³-hybridized carbons (Fsp3) is 0.167. The molecule has 3 nitrogen and oxygen atoms in total. The summed E-state index contributed by atoms with van der Waals surface area (Å²) in [4.78, 5) is 11.7. The Kier molecular flexibility index (Phi) is 5.47. The molecule has 0 spiro atoms. The Morgan fingerprint density at radius 3 is 1.67 bits per heavy atom. The predicted octanol–water partition coefficient (Wildman–Crippen LogP) is 6.42. The van der Waals surface area contributed by atoms with E-state index in [-0.39, 0.29) is 12.4 Å². The number of methoxy groups -OCH3 is 1. The summed E-state index contributed by atoms with van der Waals surface area (Å²) in [5, 5.41) is 0. The maximum atomic E-state index is 11.7. The van der Waals surface area contributed by atoms with E-state index < -0.39 is 5.41 Å². The molecule has 5 rings (SSSR count). The fourth-order valence-corrected chi connectivity index (χ4v) is 4.93. The molecule has 3 heteroatoms. The number of hydrogen-bond donors (Lipinski definition) is 0. The molecule has 0 atom stereocenters. The van der Waals surface area contributed by atoms with Crippen molar-refractivity contribution in [2.45, 2.75) is 18.8 Å². The van der Waals surface area contributed by atoms with E-state index in [1.165, 1.54) is 27.8 Å². The van der Waals surface area contributed by atoms with Crippen LogP contribution in [0, 0.1) is 0 Å². The van der Waals surface area contributed by atoms with E-state index in [1.54, 1.807) is 7.11 Å². The number of ether oxygens (including phenoxy) is 2. The third-order valence-corrected chi connectivity index (χ3v) is 6.56. The highest BCUT2D eigenvalue weighted by Gasteiger charge is 2.45. The van der Waals surface area contributed by atoms with Crippen LogP contribution in [0.4, 0.5) is 0 Å². The van der Waals surface area contributed by atoms with Gasteiger partial charge in [0.05, 0.1) is 12.5 Å². The van der Waals surface area contributed by atoms with Crippen molar-refractivity contribution >= 4 is 5.78 Å². The monoisotopic (exact) mass is 434 g/mol. The normalized spacial score (nSPS) is 13.2. The Labute approximate surface area is 194 Å². The number of carbonyl (C=O) groups excluding carboxylic acids is 1. The lowest BCUT2D eigenvalue weighted by atomic mass is 9.68. The summed E-state index contributed by atoms with van der Waals surface area (Å²) in [5.41, 5.74) is 6.87. The number of fused-ring (bicyclic) bond motifs is 3. The van der Waals surface area contributed by atoms with Crippen molar-refractivity contribution in [2.75, 3.05) is 13.7 Å². The van der Waals surface area contributed by atoms with Crippen molar-refractivity contribution in [2.24, 2.45) is 0 Å². The first-order valence-corrected chi connectivity index (χ1v) is 11.3. The molecule has 0 heterocycles. The first-order chi connectivity index (χ1) is 16.2. The van der Waals surface area contributed by atoms with E-state index in [1.807, 2.05) is 31.2 Å². The van der Waals surface area contributed by atoms with Crippen molar-refractivity contribution in [3.05, 3.63) is 119 Å². The molecular weight excluding hydrogens is 408 g/mol. The van der Waals surface area contributed by atoms with Crippen LogP contribution in [0.5, 0.6) is 11.5 Å². The highest BCUT2D eigenvalue weighted by molar-refractivity contribution is 5.86. The molecule has 33 heavy (non-hydrogen) atoms. The zero-order chi connectivity index (χ0) is 22.8. The predicted molar refractivity (Wildman–Crippen MR) is 131 cm³/mol. The van der Waals surface area contributed by atoms with E-state index >= 15 is 0 Å². The van der Waals surface area contributed by atoms with Gasteiger partial charge >= 0.3 is 0 Å². The van der Waals surface area contributed by atoms with E-state index in [0.29, 0.717) is 12.2 Å². The molecule has 0 fully saturated rings. The third-order valence-electron chi connectivity index (χ3n) is 6.56. The van der Waals surface area contributed by atoms with Crippen molar-refractivity contribution in [3.8, 4) is 22.6 Å². The van der Waals surface area contributed by atoms with E-state index in [4.69, 9.17) is 9.47 Å². The Bertz CT molecular complexity index is 1240. The molecule has 0 radical (unpaired) electrons. The van der Waals surface area contributed by atoms with Gasteiger partial charge in [-0.15, -0.1) is 0 Å². The van der Waals surface area contributed by atoms with Gasteiger partial charge in [-0.3, -0.25) is 4.79 Å². The van der Waals surface area contributed by atoms with Crippen LogP contribution >= 0.6 is 0 Å². The van der Waals surface area contributed by atoms with Gasteiger partial charge in [0.15, 0.2) is 5.78 Å². The SMILES string of the molecule is CCC(=O)COc1ccc(C2(c3ccc(OC)cc3)c3ccccc3-c3ccccc32)cc1. The summed E-state index contributed by atoms with van der Waals surface area (Å²) in [6, 6.07) is 33.8. The van der Waals surface area contributed by atoms with Gasteiger partial charge in [0.1, 0.15) is 18.1 Å². The van der Waals surface area contributed by atoms with Gasteiger partial charge in [-0.25, -0.2) is 0 Å². The second-order valence-corrected chi connectivity index (χ2v) is 8.27. The van der Waals surface area contributed by atoms with E-state index in [2.05, 4.69) is 72.8 Å². The number of Topliss-reactive ketones (excluding diaryl/α,β-unsaturated/α-hetero) is 1. The minimum absolute atomic E-state index is 0.0902. The average Bonchev–Trinajstić information content (AvgIpc) is 3.19. The van der Waals surface area contributed by atoms with Crippen LogP contribution < -0.4 is 9.47 Å². The Hall–Kier alpha value is -3.85. The van der Waals surface area contributed by atoms with Gasteiger partial charge in [-0.1, -0.05) is 79.7 Å². The van der Waals surface area contributed by atoms with Crippen LogP contribution in [0.3, 0.4) is 0 Å². The molecule has 0 unspecified atom stereocenters. The lowest BCUT2D eigenvalue weighted by Gasteiger charge is -2.34. The van der Waals surface area contributed by atoms with Crippen LogP contribution in [-0.4, -0.2) is 19.5 Å². The fourth-order valence-electron chi connectivity index (χ4n) is 4.93. The van der Waals surface area contributed by atoms with Gasteiger partial charge in [-0.2, -0.15) is 0 Å². The van der Waals surface area contributed by atoms with Crippen LogP contribution in [0.2, 0.25) is 0 Å². The van der Waals surface area contributed by atoms with Crippen LogP contribution in [0.25, 0.3) is 11.1 Å². The van der Waals surface area contributed by atoms with Gasteiger partial charge in [0, 0.05) is 6.42 Å². The second kappa shape index (κ2) is 8.59. The molecule has 0 amide bonds. The molecule has 0 N–H and O–H groups in total. The maximum absolute atomic E-state index is 11.7. The zero-order valence-electron chi connectivity index (χ0n) is 18.9. The Morgan fingerprint density at radius 2 is 1.18 bits per heavy atom. The molecule has 0 saturated carbocycles. The molecule has 0 saturated heterocycles. The average molecular weight is 435 g/mol. The Balaban J connectivity index is 1.71. The van der Waals surface area contributed by atoms with Crippen molar-refractivity contribution in [3.63, 3.8) is 0 Å².